The third-order valence-corrected chi connectivity index (χ3v) is 4.32. The molecule has 0 aromatic carbocycles. The number of carboxylic acids is 1. The summed E-state index contributed by atoms with van der Waals surface area (Å²) in [6.45, 7) is 0.821. The van der Waals surface area contributed by atoms with Gasteiger partial charge >= 0.3 is 5.97 Å². The average molecular weight is 283 g/mol. The molecular formula is C13H21N3O4. The van der Waals surface area contributed by atoms with E-state index in [1.165, 1.54) is 0 Å². The van der Waals surface area contributed by atoms with Crippen molar-refractivity contribution in [1.82, 2.24) is 10.6 Å². The summed E-state index contributed by atoms with van der Waals surface area (Å²) in [5.74, 6) is -1.16. The van der Waals surface area contributed by atoms with Gasteiger partial charge in [-0.05, 0) is 37.6 Å². The van der Waals surface area contributed by atoms with Gasteiger partial charge < -0.3 is 21.5 Å². The normalized spacial score (nSPS) is 29.7. The Morgan fingerprint density at radius 1 is 1.35 bits per heavy atom. The molecule has 7 heteroatoms. The Kier molecular flexibility index (Phi) is 4.59. The first kappa shape index (κ1) is 14.8. The Balaban J connectivity index is 1.91. The number of fused-ring (bicyclic) bond motifs is 1. The monoisotopic (exact) mass is 283 g/mol. The molecule has 1 saturated heterocycles. The molecule has 0 aromatic rings. The standard InChI is InChI=1S/C13H21N3O4/c14-10(17)5-4-9(13(19)20)16-12(18)11-8-3-1-2-7(8)6-15-11/h7-9,11,15H,1-6H2,(H2,14,17)(H,16,18)(H,19,20). The molecule has 4 atom stereocenters. The summed E-state index contributed by atoms with van der Waals surface area (Å²) in [5, 5.41) is 14.8. The van der Waals surface area contributed by atoms with Crippen LogP contribution in [0.1, 0.15) is 32.1 Å². The molecule has 2 amide bonds. The third-order valence-electron chi connectivity index (χ3n) is 4.32. The second-order valence-electron chi connectivity index (χ2n) is 5.65. The highest BCUT2D eigenvalue weighted by Crippen LogP contribution is 2.37. The Bertz CT molecular complexity index is 412. The highest BCUT2D eigenvalue weighted by atomic mass is 16.4. The van der Waals surface area contributed by atoms with Gasteiger partial charge in [-0.2, -0.15) is 0 Å². The minimum Gasteiger partial charge on any atom is -0.480 e. The van der Waals surface area contributed by atoms with E-state index in [1.807, 2.05) is 0 Å². The van der Waals surface area contributed by atoms with E-state index in [1.54, 1.807) is 0 Å². The van der Waals surface area contributed by atoms with Crippen molar-refractivity contribution in [1.29, 1.82) is 0 Å². The van der Waals surface area contributed by atoms with Crippen molar-refractivity contribution >= 4 is 17.8 Å². The van der Waals surface area contributed by atoms with Crippen molar-refractivity contribution in [2.24, 2.45) is 17.6 Å². The smallest absolute Gasteiger partial charge is 0.326 e. The third kappa shape index (κ3) is 3.27. The fourth-order valence-electron chi connectivity index (χ4n) is 3.28. The van der Waals surface area contributed by atoms with Crippen molar-refractivity contribution in [3.63, 3.8) is 0 Å². The lowest BCUT2D eigenvalue weighted by Crippen LogP contribution is -2.50. The highest BCUT2D eigenvalue weighted by Gasteiger charge is 2.43. The molecule has 112 valence electrons. The van der Waals surface area contributed by atoms with Gasteiger partial charge in [0, 0.05) is 6.42 Å². The number of aliphatic carboxylic acids is 1. The lowest BCUT2D eigenvalue weighted by atomic mass is 9.93. The van der Waals surface area contributed by atoms with Gasteiger partial charge in [0.1, 0.15) is 6.04 Å². The molecule has 1 saturated carbocycles. The molecule has 20 heavy (non-hydrogen) atoms. The topological polar surface area (TPSA) is 122 Å². The fraction of sp³-hybridized carbons (Fsp3) is 0.769. The lowest BCUT2D eigenvalue weighted by molar-refractivity contribution is -0.142. The van der Waals surface area contributed by atoms with Crippen LogP contribution in [0.4, 0.5) is 0 Å². The van der Waals surface area contributed by atoms with Crippen LogP contribution in [0.3, 0.4) is 0 Å². The SMILES string of the molecule is NC(=O)CCC(NC(=O)C1NCC2CCCC21)C(=O)O. The van der Waals surface area contributed by atoms with E-state index < -0.39 is 17.9 Å². The van der Waals surface area contributed by atoms with E-state index >= 15 is 0 Å². The molecule has 1 aliphatic carbocycles. The summed E-state index contributed by atoms with van der Waals surface area (Å²) in [5.41, 5.74) is 5.01. The van der Waals surface area contributed by atoms with E-state index in [9.17, 15) is 14.4 Å². The molecule has 1 aliphatic heterocycles. The molecule has 0 bridgehead atoms. The Morgan fingerprint density at radius 2 is 2.10 bits per heavy atom. The van der Waals surface area contributed by atoms with Gasteiger partial charge in [0.15, 0.2) is 0 Å². The summed E-state index contributed by atoms with van der Waals surface area (Å²) in [6.07, 6.45) is 3.24. The molecule has 2 rings (SSSR count). The largest absolute Gasteiger partial charge is 0.480 e. The Hall–Kier alpha value is -1.63. The van der Waals surface area contributed by atoms with Gasteiger partial charge in [-0.15, -0.1) is 0 Å². The zero-order chi connectivity index (χ0) is 14.7. The lowest BCUT2D eigenvalue weighted by Gasteiger charge is -2.21. The number of hydrogen-bond donors (Lipinski definition) is 4. The average Bonchev–Trinajstić information content (AvgIpc) is 2.95. The Morgan fingerprint density at radius 3 is 2.75 bits per heavy atom. The van der Waals surface area contributed by atoms with Crippen LogP contribution in [-0.4, -0.2) is 41.5 Å². The van der Waals surface area contributed by atoms with Crippen LogP contribution in [0.15, 0.2) is 0 Å². The number of amides is 2. The van der Waals surface area contributed by atoms with Crippen molar-refractivity contribution in [2.75, 3.05) is 6.54 Å². The van der Waals surface area contributed by atoms with Gasteiger partial charge in [-0.1, -0.05) is 6.42 Å². The van der Waals surface area contributed by atoms with Gasteiger partial charge in [0.2, 0.25) is 11.8 Å². The van der Waals surface area contributed by atoms with Gasteiger partial charge in [0.05, 0.1) is 6.04 Å². The van der Waals surface area contributed by atoms with Crippen LogP contribution in [0.25, 0.3) is 0 Å². The van der Waals surface area contributed by atoms with Crippen LogP contribution < -0.4 is 16.4 Å². The second-order valence-corrected chi connectivity index (χ2v) is 5.65. The zero-order valence-electron chi connectivity index (χ0n) is 11.3. The maximum absolute atomic E-state index is 12.2. The number of hydrogen-bond acceptors (Lipinski definition) is 4. The predicted octanol–water partition coefficient (Wildman–Crippen LogP) is -0.791. The summed E-state index contributed by atoms with van der Waals surface area (Å²) in [7, 11) is 0. The predicted molar refractivity (Wildman–Crippen MR) is 70.6 cm³/mol. The maximum Gasteiger partial charge on any atom is 0.326 e. The van der Waals surface area contributed by atoms with E-state index in [0.29, 0.717) is 11.8 Å². The van der Waals surface area contributed by atoms with Crippen molar-refractivity contribution in [3.8, 4) is 0 Å². The number of carbonyl (C=O) groups excluding carboxylic acids is 2. The summed E-state index contributed by atoms with van der Waals surface area (Å²) >= 11 is 0. The molecule has 4 unspecified atom stereocenters. The first-order valence-corrected chi connectivity index (χ1v) is 7.04. The molecule has 2 aliphatic rings. The minimum absolute atomic E-state index is 0.0250. The maximum atomic E-state index is 12.2. The molecule has 1 heterocycles. The molecular weight excluding hydrogens is 262 g/mol. The number of carbonyl (C=O) groups is 3. The zero-order valence-corrected chi connectivity index (χ0v) is 11.3. The number of nitrogens with two attached hydrogens (primary N) is 1. The minimum atomic E-state index is -1.14. The summed E-state index contributed by atoms with van der Waals surface area (Å²) in [6, 6.07) is -1.37. The van der Waals surface area contributed by atoms with E-state index in [2.05, 4.69) is 10.6 Å². The first-order chi connectivity index (χ1) is 9.49. The number of nitrogens with one attached hydrogen (secondary N) is 2. The van der Waals surface area contributed by atoms with E-state index in [-0.39, 0.29) is 24.8 Å². The number of carboxylic acid groups (broad SMARTS) is 1. The van der Waals surface area contributed by atoms with Crippen LogP contribution >= 0.6 is 0 Å². The van der Waals surface area contributed by atoms with Crippen LogP contribution in [0, 0.1) is 11.8 Å². The quantitative estimate of drug-likeness (QED) is 0.509. The first-order valence-electron chi connectivity index (χ1n) is 7.04. The fourth-order valence-corrected chi connectivity index (χ4v) is 3.28. The number of primary amides is 1. The van der Waals surface area contributed by atoms with Gasteiger partial charge in [-0.3, -0.25) is 9.59 Å². The van der Waals surface area contributed by atoms with E-state index in [0.717, 1.165) is 25.8 Å². The van der Waals surface area contributed by atoms with Crippen molar-refractivity contribution in [3.05, 3.63) is 0 Å². The highest BCUT2D eigenvalue weighted by molar-refractivity contribution is 5.87. The number of rotatable bonds is 6. The molecule has 0 radical (unpaired) electrons. The van der Waals surface area contributed by atoms with E-state index in [4.69, 9.17) is 10.8 Å². The second kappa shape index (κ2) is 6.21. The molecule has 2 fully saturated rings. The summed E-state index contributed by atoms with van der Waals surface area (Å²) < 4.78 is 0. The van der Waals surface area contributed by atoms with Gasteiger partial charge in [-0.25, -0.2) is 4.79 Å². The Labute approximate surface area is 117 Å². The summed E-state index contributed by atoms with van der Waals surface area (Å²) in [4.78, 5) is 34.0. The van der Waals surface area contributed by atoms with Crippen LogP contribution in [0.5, 0.6) is 0 Å². The molecule has 0 spiro atoms. The molecule has 0 aromatic heterocycles. The molecule has 7 nitrogen and oxygen atoms in total. The van der Waals surface area contributed by atoms with Crippen LogP contribution in [-0.2, 0) is 14.4 Å². The van der Waals surface area contributed by atoms with Gasteiger partial charge in [0.25, 0.3) is 0 Å². The van der Waals surface area contributed by atoms with Crippen molar-refractivity contribution < 1.29 is 19.5 Å². The van der Waals surface area contributed by atoms with Crippen molar-refractivity contribution in [2.45, 2.75) is 44.2 Å². The van der Waals surface area contributed by atoms with Crippen LogP contribution in [0.2, 0.25) is 0 Å². The molecule has 5 N–H and O–H groups in total.